The average Bonchev–Trinajstić information content (AvgIpc) is 2.75. The predicted molar refractivity (Wildman–Crippen MR) is 69.5 cm³/mol. The third kappa shape index (κ3) is 1.50. The molecule has 0 unspecified atom stereocenters. The fraction of sp³-hybridized carbons (Fsp3) is 0. The summed E-state index contributed by atoms with van der Waals surface area (Å²) in [5, 5.41) is 0. The summed E-state index contributed by atoms with van der Waals surface area (Å²) < 4.78 is 1.85. The molecule has 0 amide bonds. The zero-order valence-corrected chi connectivity index (χ0v) is 9.17. The third-order valence-corrected chi connectivity index (χ3v) is 2.76. The number of nitrogens with two attached hydrogens (primary N) is 2. The third-order valence-electron chi connectivity index (χ3n) is 2.76. The number of aromatic nitrogens is 2. The van der Waals surface area contributed by atoms with Gasteiger partial charge in [-0.2, -0.15) is 0 Å². The Hall–Kier alpha value is -2.49. The van der Waals surface area contributed by atoms with Crippen molar-refractivity contribution in [2.24, 2.45) is 0 Å². The lowest BCUT2D eigenvalue weighted by molar-refractivity contribution is 1.20. The highest BCUT2D eigenvalue weighted by molar-refractivity contribution is 5.75. The van der Waals surface area contributed by atoms with Crippen molar-refractivity contribution in [1.29, 1.82) is 0 Å². The zero-order chi connectivity index (χ0) is 11.8. The van der Waals surface area contributed by atoms with Crippen molar-refractivity contribution in [3.8, 4) is 11.3 Å². The second-order valence-electron chi connectivity index (χ2n) is 3.89. The highest BCUT2D eigenvalue weighted by Crippen LogP contribution is 2.25. The summed E-state index contributed by atoms with van der Waals surface area (Å²) in [6.45, 7) is 0. The lowest BCUT2D eigenvalue weighted by Crippen LogP contribution is -1.93. The Labute approximate surface area is 98.5 Å². The standard InChI is InChI=1S/C13H12N4/c14-10-5-2-1-4-9(10)11-8-17-12(15)6-3-7-13(17)16-11/h1-8H,14-15H2. The molecule has 0 bridgehead atoms. The van der Waals surface area contributed by atoms with Gasteiger partial charge in [0.2, 0.25) is 0 Å². The molecular formula is C13H12N4. The smallest absolute Gasteiger partial charge is 0.139 e. The van der Waals surface area contributed by atoms with Crippen LogP contribution in [0, 0.1) is 0 Å². The van der Waals surface area contributed by atoms with Crippen molar-refractivity contribution in [2.75, 3.05) is 11.5 Å². The molecule has 84 valence electrons. The number of hydrogen-bond acceptors (Lipinski definition) is 3. The van der Waals surface area contributed by atoms with Gasteiger partial charge in [-0.15, -0.1) is 0 Å². The molecule has 0 aliphatic carbocycles. The Bertz CT molecular complexity index is 685. The lowest BCUT2D eigenvalue weighted by Gasteiger charge is -2.00. The fourth-order valence-corrected chi connectivity index (χ4v) is 1.89. The molecule has 0 fully saturated rings. The Morgan fingerprint density at radius 3 is 2.53 bits per heavy atom. The van der Waals surface area contributed by atoms with Crippen LogP contribution >= 0.6 is 0 Å². The molecular weight excluding hydrogens is 212 g/mol. The molecule has 2 aromatic heterocycles. The molecule has 3 rings (SSSR count). The van der Waals surface area contributed by atoms with Crippen molar-refractivity contribution in [3.05, 3.63) is 48.7 Å². The van der Waals surface area contributed by atoms with Gasteiger partial charge >= 0.3 is 0 Å². The van der Waals surface area contributed by atoms with Crippen molar-refractivity contribution in [2.45, 2.75) is 0 Å². The van der Waals surface area contributed by atoms with E-state index in [4.69, 9.17) is 11.5 Å². The molecule has 3 aromatic rings. The van der Waals surface area contributed by atoms with Gasteiger partial charge in [0.15, 0.2) is 0 Å². The molecule has 0 atom stereocenters. The average molecular weight is 224 g/mol. The fourth-order valence-electron chi connectivity index (χ4n) is 1.89. The number of fused-ring (bicyclic) bond motifs is 1. The second-order valence-corrected chi connectivity index (χ2v) is 3.89. The molecule has 0 aliphatic rings. The first kappa shape index (κ1) is 9.72. The minimum Gasteiger partial charge on any atom is -0.398 e. The molecule has 1 aromatic carbocycles. The summed E-state index contributed by atoms with van der Waals surface area (Å²) in [5.41, 5.74) is 15.1. The van der Waals surface area contributed by atoms with Crippen LogP contribution in [0.15, 0.2) is 48.7 Å². The van der Waals surface area contributed by atoms with Crippen molar-refractivity contribution < 1.29 is 0 Å². The number of pyridine rings is 1. The topological polar surface area (TPSA) is 69.3 Å². The number of benzene rings is 1. The van der Waals surface area contributed by atoms with E-state index < -0.39 is 0 Å². The van der Waals surface area contributed by atoms with E-state index in [1.165, 1.54) is 0 Å². The van der Waals surface area contributed by atoms with Gasteiger partial charge in [-0.1, -0.05) is 24.3 Å². The van der Waals surface area contributed by atoms with Crippen LogP contribution in [0.5, 0.6) is 0 Å². The van der Waals surface area contributed by atoms with E-state index in [2.05, 4.69) is 4.98 Å². The van der Waals surface area contributed by atoms with E-state index in [-0.39, 0.29) is 0 Å². The van der Waals surface area contributed by atoms with Crippen LogP contribution in [-0.4, -0.2) is 9.38 Å². The molecule has 0 saturated carbocycles. The Kier molecular flexibility index (Phi) is 2.01. The predicted octanol–water partition coefficient (Wildman–Crippen LogP) is 2.17. The van der Waals surface area contributed by atoms with E-state index in [9.17, 15) is 0 Å². The summed E-state index contributed by atoms with van der Waals surface area (Å²) in [7, 11) is 0. The number of imidazole rings is 1. The number of nitrogen functional groups attached to an aromatic ring is 2. The number of rotatable bonds is 1. The van der Waals surface area contributed by atoms with Gasteiger partial charge in [-0.05, 0) is 18.2 Å². The molecule has 0 aliphatic heterocycles. The summed E-state index contributed by atoms with van der Waals surface area (Å²) in [4.78, 5) is 4.51. The van der Waals surface area contributed by atoms with Crippen molar-refractivity contribution >= 4 is 17.2 Å². The van der Waals surface area contributed by atoms with E-state index in [1.807, 2.05) is 53.1 Å². The first-order valence-corrected chi connectivity index (χ1v) is 5.34. The highest BCUT2D eigenvalue weighted by atomic mass is 15.1. The van der Waals surface area contributed by atoms with Crippen LogP contribution in [0.1, 0.15) is 0 Å². The van der Waals surface area contributed by atoms with Gasteiger partial charge in [0.25, 0.3) is 0 Å². The van der Waals surface area contributed by atoms with Crippen molar-refractivity contribution in [3.63, 3.8) is 0 Å². The van der Waals surface area contributed by atoms with Gasteiger partial charge in [-0.25, -0.2) is 4.98 Å². The van der Waals surface area contributed by atoms with Crippen LogP contribution in [-0.2, 0) is 0 Å². The van der Waals surface area contributed by atoms with Crippen LogP contribution in [0.3, 0.4) is 0 Å². The van der Waals surface area contributed by atoms with Crippen LogP contribution in [0.2, 0.25) is 0 Å². The second kappa shape index (κ2) is 3.52. The maximum absolute atomic E-state index is 5.93. The molecule has 4 heteroatoms. The molecule has 4 N–H and O–H groups in total. The van der Waals surface area contributed by atoms with Gasteiger partial charge in [-0.3, -0.25) is 4.40 Å². The zero-order valence-electron chi connectivity index (χ0n) is 9.17. The Balaban J connectivity index is 2.26. The van der Waals surface area contributed by atoms with Gasteiger partial charge < -0.3 is 11.5 Å². The minimum atomic E-state index is 0.663. The number of anilines is 2. The normalized spacial score (nSPS) is 10.8. The maximum Gasteiger partial charge on any atom is 0.139 e. The van der Waals surface area contributed by atoms with Crippen LogP contribution in [0.4, 0.5) is 11.5 Å². The minimum absolute atomic E-state index is 0.663. The monoisotopic (exact) mass is 224 g/mol. The van der Waals surface area contributed by atoms with E-state index in [1.54, 1.807) is 0 Å². The summed E-state index contributed by atoms with van der Waals surface area (Å²) >= 11 is 0. The largest absolute Gasteiger partial charge is 0.398 e. The van der Waals surface area contributed by atoms with Gasteiger partial charge in [0, 0.05) is 17.4 Å². The number of para-hydroxylation sites is 1. The Morgan fingerprint density at radius 2 is 1.76 bits per heavy atom. The first-order valence-electron chi connectivity index (χ1n) is 5.34. The van der Waals surface area contributed by atoms with Gasteiger partial charge in [0.05, 0.1) is 5.69 Å². The lowest BCUT2D eigenvalue weighted by atomic mass is 10.1. The molecule has 17 heavy (non-hydrogen) atoms. The van der Waals surface area contributed by atoms with E-state index in [0.717, 1.165) is 22.6 Å². The molecule has 0 spiro atoms. The van der Waals surface area contributed by atoms with E-state index in [0.29, 0.717) is 5.82 Å². The quantitative estimate of drug-likeness (QED) is 0.622. The van der Waals surface area contributed by atoms with Crippen LogP contribution in [0.25, 0.3) is 16.9 Å². The van der Waals surface area contributed by atoms with Crippen molar-refractivity contribution in [1.82, 2.24) is 9.38 Å². The molecule has 0 saturated heterocycles. The summed E-state index contributed by atoms with van der Waals surface area (Å²) in [6.07, 6.45) is 1.90. The number of nitrogens with zero attached hydrogens (tertiary/aromatic N) is 2. The molecule has 4 nitrogen and oxygen atoms in total. The Morgan fingerprint density at radius 1 is 0.941 bits per heavy atom. The van der Waals surface area contributed by atoms with Gasteiger partial charge in [0.1, 0.15) is 11.5 Å². The van der Waals surface area contributed by atoms with E-state index >= 15 is 0 Å². The first-order chi connectivity index (χ1) is 8.25. The molecule has 2 heterocycles. The highest BCUT2D eigenvalue weighted by Gasteiger charge is 2.07. The molecule has 0 radical (unpaired) electrons. The number of hydrogen-bond donors (Lipinski definition) is 2. The summed E-state index contributed by atoms with van der Waals surface area (Å²) in [6, 6.07) is 13.3. The maximum atomic E-state index is 5.93. The van der Waals surface area contributed by atoms with Crippen LogP contribution < -0.4 is 11.5 Å². The summed E-state index contributed by atoms with van der Waals surface area (Å²) in [5.74, 6) is 0.663. The SMILES string of the molecule is Nc1ccccc1-c1cn2c(N)cccc2n1.